The first-order valence-electron chi connectivity index (χ1n) is 7.99. The van der Waals surface area contributed by atoms with Crippen LogP contribution in [0.5, 0.6) is 11.5 Å². The van der Waals surface area contributed by atoms with Crippen LogP contribution in [0.2, 0.25) is 0 Å². The first-order valence-corrected chi connectivity index (χ1v) is 7.99. The molecule has 0 bridgehead atoms. The second-order valence-electron chi connectivity index (χ2n) is 5.63. The number of hydrogen-bond acceptors (Lipinski definition) is 5. The predicted molar refractivity (Wildman–Crippen MR) is 89.4 cm³/mol. The number of H-pyrrole nitrogens is 1. The summed E-state index contributed by atoms with van der Waals surface area (Å²) in [6, 6.07) is 11.3. The summed E-state index contributed by atoms with van der Waals surface area (Å²) in [4.78, 5) is 16.3. The van der Waals surface area contributed by atoms with Crippen LogP contribution >= 0.6 is 0 Å². The topological polar surface area (TPSA) is 94.1 Å². The van der Waals surface area contributed by atoms with E-state index in [2.05, 4.69) is 20.5 Å². The van der Waals surface area contributed by atoms with E-state index in [1.54, 1.807) is 0 Å². The van der Waals surface area contributed by atoms with Crippen molar-refractivity contribution in [3.05, 3.63) is 54.6 Å². The fourth-order valence-electron chi connectivity index (χ4n) is 2.57. The minimum atomic E-state index is -0.395. The largest absolute Gasteiger partial charge is 0.485 e. The van der Waals surface area contributed by atoms with Gasteiger partial charge in [0.15, 0.2) is 23.4 Å². The van der Waals surface area contributed by atoms with Crippen LogP contribution < -0.4 is 14.8 Å². The maximum atomic E-state index is 12.0. The Kier molecular flexibility index (Phi) is 4.07. The van der Waals surface area contributed by atoms with Gasteiger partial charge in [-0.15, -0.1) is 5.10 Å². The van der Waals surface area contributed by atoms with Gasteiger partial charge in [0.2, 0.25) is 11.9 Å². The third-order valence-electron chi connectivity index (χ3n) is 3.83. The average molecular weight is 339 g/mol. The summed E-state index contributed by atoms with van der Waals surface area (Å²) >= 11 is 0. The number of aryl methyl sites for hydroxylation is 1. The van der Waals surface area contributed by atoms with E-state index in [1.807, 2.05) is 53.4 Å². The first-order chi connectivity index (χ1) is 12.3. The zero-order valence-corrected chi connectivity index (χ0v) is 13.4. The Morgan fingerprint density at radius 2 is 2.04 bits per heavy atom. The fraction of sp³-hybridized carbons (Fsp3) is 0.235. The monoisotopic (exact) mass is 339 g/mol. The Hall–Kier alpha value is -3.29. The minimum absolute atomic E-state index is 0.148. The third-order valence-corrected chi connectivity index (χ3v) is 3.83. The smallest absolute Gasteiger partial charge is 0.248 e. The SMILES string of the molecule is O=C(CCn1cccc1)Nc1n[nH]c([C@@H]2COc3ccccc3O2)n1. The molecule has 0 spiro atoms. The Balaban J connectivity index is 1.35. The number of amides is 1. The molecule has 0 aliphatic carbocycles. The lowest BCUT2D eigenvalue weighted by atomic mass is 10.2. The number of benzene rings is 1. The van der Waals surface area contributed by atoms with Crippen molar-refractivity contribution in [3.63, 3.8) is 0 Å². The molecule has 128 valence electrons. The van der Waals surface area contributed by atoms with Crippen LogP contribution in [0.3, 0.4) is 0 Å². The summed E-state index contributed by atoms with van der Waals surface area (Å²) in [5.41, 5.74) is 0. The van der Waals surface area contributed by atoms with Crippen LogP contribution in [-0.2, 0) is 11.3 Å². The van der Waals surface area contributed by atoms with Crippen LogP contribution in [-0.4, -0.2) is 32.3 Å². The maximum absolute atomic E-state index is 12.0. The second kappa shape index (κ2) is 6.68. The molecule has 25 heavy (non-hydrogen) atoms. The molecule has 0 saturated carbocycles. The molecule has 1 atom stereocenters. The summed E-state index contributed by atoms with van der Waals surface area (Å²) < 4.78 is 13.5. The van der Waals surface area contributed by atoms with Gasteiger partial charge in [-0.05, 0) is 24.3 Å². The van der Waals surface area contributed by atoms with Crippen LogP contribution in [0.25, 0.3) is 0 Å². The minimum Gasteiger partial charge on any atom is -0.485 e. The van der Waals surface area contributed by atoms with E-state index in [0.29, 0.717) is 36.9 Å². The summed E-state index contributed by atoms with van der Waals surface area (Å²) in [5, 5.41) is 9.50. The zero-order valence-electron chi connectivity index (χ0n) is 13.4. The van der Waals surface area contributed by atoms with E-state index < -0.39 is 6.10 Å². The van der Waals surface area contributed by atoms with Gasteiger partial charge in [0.05, 0.1) is 0 Å². The number of fused-ring (bicyclic) bond motifs is 1. The normalized spacial score (nSPS) is 15.8. The number of carbonyl (C=O) groups is 1. The standard InChI is InChI=1S/C17H17N5O3/c23-15(7-10-22-8-3-4-9-22)18-17-19-16(20-21-17)14-11-24-12-5-1-2-6-13(12)25-14/h1-6,8-9,14H,7,10-11H2,(H2,18,19,20,21,23)/t14-/m0/s1. The van der Waals surface area contributed by atoms with Gasteiger partial charge < -0.3 is 14.0 Å². The molecule has 8 nitrogen and oxygen atoms in total. The zero-order chi connectivity index (χ0) is 17.1. The number of hydrogen-bond donors (Lipinski definition) is 2. The van der Waals surface area contributed by atoms with Crippen LogP contribution in [0.15, 0.2) is 48.8 Å². The molecule has 0 fully saturated rings. The first kappa shape index (κ1) is 15.3. The summed E-state index contributed by atoms with van der Waals surface area (Å²) in [6.45, 7) is 0.930. The highest BCUT2D eigenvalue weighted by Gasteiger charge is 2.25. The molecule has 8 heteroatoms. The highest BCUT2D eigenvalue weighted by Crippen LogP contribution is 2.34. The average Bonchev–Trinajstić information content (AvgIpc) is 3.31. The van der Waals surface area contributed by atoms with Crippen LogP contribution in [0.4, 0.5) is 5.95 Å². The van der Waals surface area contributed by atoms with E-state index in [9.17, 15) is 4.79 Å². The van der Waals surface area contributed by atoms with Gasteiger partial charge in [-0.2, -0.15) is 4.98 Å². The number of aromatic nitrogens is 4. The van der Waals surface area contributed by atoms with Gasteiger partial charge in [-0.3, -0.25) is 15.2 Å². The summed E-state index contributed by atoms with van der Waals surface area (Å²) in [7, 11) is 0. The lowest BCUT2D eigenvalue weighted by Gasteiger charge is -2.24. The van der Waals surface area contributed by atoms with E-state index >= 15 is 0 Å². The molecular formula is C17H17N5O3. The number of para-hydroxylation sites is 2. The van der Waals surface area contributed by atoms with Crippen molar-refractivity contribution in [1.29, 1.82) is 0 Å². The summed E-state index contributed by atoms with van der Waals surface area (Å²) in [5.74, 6) is 1.96. The van der Waals surface area contributed by atoms with Crippen molar-refractivity contribution in [3.8, 4) is 11.5 Å². The van der Waals surface area contributed by atoms with Gasteiger partial charge in [0, 0.05) is 25.4 Å². The number of carbonyl (C=O) groups excluding carboxylic acids is 1. The number of anilines is 1. The van der Waals surface area contributed by atoms with Gasteiger partial charge in [0.25, 0.3) is 0 Å². The number of nitrogens with one attached hydrogen (secondary N) is 2. The fourth-order valence-corrected chi connectivity index (χ4v) is 2.57. The quantitative estimate of drug-likeness (QED) is 0.743. The molecular weight excluding hydrogens is 322 g/mol. The number of nitrogens with zero attached hydrogens (tertiary/aromatic N) is 3. The van der Waals surface area contributed by atoms with E-state index in [1.165, 1.54) is 0 Å². The van der Waals surface area contributed by atoms with Crippen molar-refractivity contribution in [2.24, 2.45) is 0 Å². The lowest BCUT2D eigenvalue weighted by Crippen LogP contribution is -2.22. The van der Waals surface area contributed by atoms with Crippen molar-refractivity contribution < 1.29 is 14.3 Å². The van der Waals surface area contributed by atoms with Crippen LogP contribution in [0.1, 0.15) is 18.3 Å². The van der Waals surface area contributed by atoms with Gasteiger partial charge in [0.1, 0.15) is 6.61 Å². The van der Waals surface area contributed by atoms with E-state index in [4.69, 9.17) is 9.47 Å². The van der Waals surface area contributed by atoms with Crippen molar-refractivity contribution >= 4 is 11.9 Å². The molecule has 0 unspecified atom stereocenters. The van der Waals surface area contributed by atoms with Gasteiger partial charge in [-0.25, -0.2) is 0 Å². The Morgan fingerprint density at radius 3 is 2.88 bits per heavy atom. The number of rotatable bonds is 5. The predicted octanol–water partition coefficient (Wildman–Crippen LogP) is 2.15. The molecule has 2 aromatic heterocycles. The number of aromatic amines is 1. The van der Waals surface area contributed by atoms with Crippen molar-refractivity contribution in [2.45, 2.75) is 19.1 Å². The van der Waals surface area contributed by atoms with E-state index in [0.717, 1.165) is 0 Å². The molecule has 1 amide bonds. The van der Waals surface area contributed by atoms with Crippen molar-refractivity contribution in [2.75, 3.05) is 11.9 Å². The molecule has 1 aliphatic rings. The molecule has 0 saturated heterocycles. The molecule has 4 rings (SSSR count). The molecule has 3 aromatic rings. The number of ether oxygens (including phenoxy) is 2. The Morgan fingerprint density at radius 1 is 1.24 bits per heavy atom. The highest BCUT2D eigenvalue weighted by atomic mass is 16.6. The molecule has 2 N–H and O–H groups in total. The second-order valence-corrected chi connectivity index (χ2v) is 5.63. The van der Waals surface area contributed by atoms with E-state index in [-0.39, 0.29) is 11.9 Å². The maximum Gasteiger partial charge on any atom is 0.248 e. The Labute approximate surface area is 143 Å². The molecule has 1 aliphatic heterocycles. The third kappa shape index (κ3) is 3.47. The van der Waals surface area contributed by atoms with Crippen molar-refractivity contribution in [1.82, 2.24) is 19.7 Å². The van der Waals surface area contributed by atoms with Crippen LogP contribution in [0, 0.1) is 0 Å². The Bertz CT molecular complexity index is 859. The molecule has 0 radical (unpaired) electrons. The van der Waals surface area contributed by atoms with Gasteiger partial charge in [-0.1, -0.05) is 12.1 Å². The summed E-state index contributed by atoms with van der Waals surface area (Å²) in [6.07, 6.45) is 3.77. The molecule has 1 aromatic carbocycles. The highest BCUT2D eigenvalue weighted by molar-refractivity contribution is 5.88. The molecule has 3 heterocycles. The van der Waals surface area contributed by atoms with Gasteiger partial charge >= 0.3 is 0 Å². The lowest BCUT2D eigenvalue weighted by molar-refractivity contribution is -0.116.